The number of carbonyl (C=O) groups is 2. The zero-order chi connectivity index (χ0) is 14.6. The van der Waals surface area contributed by atoms with Crippen LogP contribution in [-0.4, -0.2) is 30.7 Å². The fourth-order valence-electron chi connectivity index (χ4n) is 1.67. The van der Waals surface area contributed by atoms with Crippen molar-refractivity contribution >= 4 is 11.9 Å². The van der Waals surface area contributed by atoms with Gasteiger partial charge in [-0.05, 0) is 5.92 Å². The number of carbonyl (C=O) groups excluding carboxylic acids is 2. The van der Waals surface area contributed by atoms with Gasteiger partial charge in [0.05, 0.1) is 14.2 Å². The number of rotatable bonds is 4. The molecule has 6 nitrogen and oxygen atoms in total. The van der Waals surface area contributed by atoms with E-state index in [2.05, 4.69) is 9.47 Å². The molecule has 1 heterocycles. The first kappa shape index (κ1) is 14.9. The average molecular weight is 267 g/mol. The highest BCUT2D eigenvalue weighted by Crippen LogP contribution is 2.05. The van der Waals surface area contributed by atoms with Gasteiger partial charge in [-0.25, -0.2) is 9.59 Å². The lowest BCUT2D eigenvalue weighted by molar-refractivity contribution is 0.0594. The van der Waals surface area contributed by atoms with Crippen LogP contribution in [0.3, 0.4) is 0 Å². The zero-order valence-electron chi connectivity index (χ0n) is 11.4. The van der Waals surface area contributed by atoms with Crippen LogP contribution in [0.1, 0.15) is 34.6 Å². The van der Waals surface area contributed by atoms with Gasteiger partial charge >= 0.3 is 11.9 Å². The van der Waals surface area contributed by atoms with Crippen LogP contribution in [0.5, 0.6) is 0 Å². The Morgan fingerprint density at radius 2 is 1.53 bits per heavy atom. The lowest BCUT2D eigenvalue weighted by Gasteiger charge is -2.12. The number of ether oxygens (including phenoxy) is 2. The highest BCUT2D eigenvalue weighted by Gasteiger charge is 2.20. The summed E-state index contributed by atoms with van der Waals surface area (Å²) in [4.78, 5) is 35.1. The monoisotopic (exact) mass is 267 g/mol. The molecular weight excluding hydrogens is 250 g/mol. The highest BCUT2D eigenvalue weighted by atomic mass is 16.5. The molecule has 6 heteroatoms. The third-order valence-corrected chi connectivity index (χ3v) is 2.47. The molecule has 0 aromatic carbocycles. The molecule has 0 aliphatic carbocycles. The van der Waals surface area contributed by atoms with E-state index in [1.54, 1.807) is 4.57 Å². The number of esters is 2. The SMILES string of the molecule is COC(=O)c1cn(CC(C)C)cc(C(=O)OC)c1=O. The number of nitrogens with zero attached hydrogens (tertiary/aromatic N) is 1. The summed E-state index contributed by atoms with van der Waals surface area (Å²) in [5, 5.41) is 0. The van der Waals surface area contributed by atoms with Crippen molar-refractivity contribution in [2.24, 2.45) is 5.92 Å². The standard InChI is InChI=1S/C13H17NO5/c1-8(2)5-14-6-9(12(16)18-3)11(15)10(7-14)13(17)19-4/h6-8H,5H2,1-4H3. The van der Waals surface area contributed by atoms with E-state index >= 15 is 0 Å². The molecule has 1 aromatic heterocycles. The Morgan fingerprint density at radius 3 is 1.84 bits per heavy atom. The average Bonchev–Trinajstić information content (AvgIpc) is 2.38. The van der Waals surface area contributed by atoms with E-state index in [1.165, 1.54) is 26.6 Å². The zero-order valence-corrected chi connectivity index (χ0v) is 11.4. The van der Waals surface area contributed by atoms with E-state index < -0.39 is 17.4 Å². The molecule has 1 aromatic rings. The van der Waals surface area contributed by atoms with Crippen LogP contribution in [0.4, 0.5) is 0 Å². The van der Waals surface area contributed by atoms with Crippen molar-refractivity contribution in [2.45, 2.75) is 20.4 Å². The summed E-state index contributed by atoms with van der Waals surface area (Å²) in [6.07, 6.45) is 2.78. The Labute approximate surface area is 110 Å². The molecule has 0 N–H and O–H groups in total. The van der Waals surface area contributed by atoms with E-state index in [4.69, 9.17) is 0 Å². The molecule has 19 heavy (non-hydrogen) atoms. The van der Waals surface area contributed by atoms with E-state index in [0.717, 1.165) is 0 Å². The van der Waals surface area contributed by atoms with Gasteiger partial charge in [0.2, 0.25) is 5.43 Å². The van der Waals surface area contributed by atoms with Gasteiger partial charge in [0.1, 0.15) is 11.1 Å². The molecule has 0 fully saturated rings. The Balaban J connectivity index is 3.42. The number of hydrogen-bond donors (Lipinski definition) is 0. The van der Waals surface area contributed by atoms with Gasteiger partial charge in [0.25, 0.3) is 0 Å². The second kappa shape index (κ2) is 6.17. The Hall–Kier alpha value is -2.11. The number of pyridine rings is 1. The van der Waals surface area contributed by atoms with E-state index in [-0.39, 0.29) is 11.1 Å². The summed E-state index contributed by atoms with van der Waals surface area (Å²) < 4.78 is 10.7. The largest absolute Gasteiger partial charge is 0.465 e. The molecule has 0 bridgehead atoms. The van der Waals surface area contributed by atoms with Gasteiger partial charge in [-0.1, -0.05) is 13.8 Å². The first-order valence-electron chi connectivity index (χ1n) is 5.81. The molecule has 0 aliphatic heterocycles. The van der Waals surface area contributed by atoms with Crippen LogP contribution in [0, 0.1) is 5.92 Å². The van der Waals surface area contributed by atoms with Crippen molar-refractivity contribution in [1.29, 1.82) is 0 Å². The maximum Gasteiger partial charge on any atom is 0.343 e. The highest BCUT2D eigenvalue weighted by molar-refractivity contribution is 5.94. The van der Waals surface area contributed by atoms with Crippen LogP contribution < -0.4 is 5.43 Å². The summed E-state index contributed by atoms with van der Waals surface area (Å²) >= 11 is 0. The Bertz CT molecular complexity index is 504. The third-order valence-electron chi connectivity index (χ3n) is 2.47. The maximum absolute atomic E-state index is 12.0. The smallest absolute Gasteiger partial charge is 0.343 e. The van der Waals surface area contributed by atoms with Crippen molar-refractivity contribution in [3.63, 3.8) is 0 Å². The maximum atomic E-state index is 12.0. The minimum Gasteiger partial charge on any atom is -0.465 e. The van der Waals surface area contributed by atoms with Crippen LogP contribution >= 0.6 is 0 Å². The summed E-state index contributed by atoms with van der Waals surface area (Å²) in [6.45, 7) is 4.52. The van der Waals surface area contributed by atoms with E-state index in [1.807, 2.05) is 13.8 Å². The van der Waals surface area contributed by atoms with Gasteiger partial charge < -0.3 is 14.0 Å². The molecule has 0 amide bonds. The summed E-state index contributed by atoms with van der Waals surface area (Å²) in [5.74, 6) is -1.25. The molecule has 0 radical (unpaired) electrons. The van der Waals surface area contributed by atoms with E-state index in [9.17, 15) is 14.4 Å². The molecule has 104 valence electrons. The molecule has 0 spiro atoms. The lowest BCUT2D eigenvalue weighted by Crippen LogP contribution is -2.26. The summed E-state index contributed by atoms with van der Waals surface area (Å²) in [5.41, 5.74) is -1.03. The normalized spacial score (nSPS) is 10.4. The Morgan fingerprint density at radius 1 is 1.11 bits per heavy atom. The molecule has 0 atom stereocenters. The topological polar surface area (TPSA) is 74.6 Å². The van der Waals surface area contributed by atoms with Crippen molar-refractivity contribution in [1.82, 2.24) is 4.57 Å². The molecule has 0 unspecified atom stereocenters. The predicted octanol–water partition coefficient (Wildman–Crippen LogP) is 1.08. The van der Waals surface area contributed by atoms with Crippen molar-refractivity contribution in [3.8, 4) is 0 Å². The second-order valence-corrected chi connectivity index (χ2v) is 4.49. The van der Waals surface area contributed by atoms with Crippen LogP contribution in [0.15, 0.2) is 17.2 Å². The second-order valence-electron chi connectivity index (χ2n) is 4.49. The third kappa shape index (κ3) is 3.43. The molecule has 0 saturated carbocycles. The van der Waals surface area contributed by atoms with Crippen molar-refractivity contribution in [2.75, 3.05) is 14.2 Å². The fourth-order valence-corrected chi connectivity index (χ4v) is 1.67. The summed E-state index contributed by atoms with van der Waals surface area (Å²) in [7, 11) is 2.36. The predicted molar refractivity (Wildman–Crippen MR) is 68.2 cm³/mol. The van der Waals surface area contributed by atoms with Crippen molar-refractivity contribution in [3.05, 3.63) is 33.7 Å². The number of methoxy groups -OCH3 is 2. The van der Waals surface area contributed by atoms with Crippen molar-refractivity contribution < 1.29 is 19.1 Å². The molecule has 1 rings (SSSR count). The quantitative estimate of drug-likeness (QED) is 0.763. The first-order chi connectivity index (χ1) is 8.90. The minimum atomic E-state index is -0.770. The van der Waals surface area contributed by atoms with E-state index in [0.29, 0.717) is 12.5 Å². The van der Waals surface area contributed by atoms with Gasteiger partial charge in [-0.3, -0.25) is 4.79 Å². The fraction of sp³-hybridized carbons (Fsp3) is 0.462. The Kier molecular flexibility index (Phi) is 4.86. The molecule has 0 aliphatic rings. The van der Waals surface area contributed by atoms with Crippen LogP contribution in [-0.2, 0) is 16.0 Å². The number of aromatic nitrogens is 1. The molecule has 0 saturated heterocycles. The lowest BCUT2D eigenvalue weighted by atomic mass is 10.1. The van der Waals surface area contributed by atoms with Gasteiger partial charge in [-0.2, -0.15) is 0 Å². The van der Waals surface area contributed by atoms with Gasteiger partial charge in [0, 0.05) is 18.9 Å². The summed E-state index contributed by atoms with van der Waals surface area (Å²) in [6, 6.07) is 0. The molecular formula is C13H17NO5. The minimum absolute atomic E-state index is 0.175. The first-order valence-corrected chi connectivity index (χ1v) is 5.81. The van der Waals surface area contributed by atoms with Gasteiger partial charge in [0.15, 0.2) is 0 Å². The van der Waals surface area contributed by atoms with Crippen LogP contribution in [0.2, 0.25) is 0 Å². The van der Waals surface area contributed by atoms with Gasteiger partial charge in [-0.15, -0.1) is 0 Å². The van der Waals surface area contributed by atoms with Crippen LogP contribution in [0.25, 0.3) is 0 Å². The number of hydrogen-bond acceptors (Lipinski definition) is 5.